The highest BCUT2D eigenvalue weighted by molar-refractivity contribution is 5.91. The van der Waals surface area contributed by atoms with Crippen LogP contribution in [0.15, 0.2) is 11.6 Å². The van der Waals surface area contributed by atoms with Crippen LogP contribution in [-0.2, 0) is 14.4 Å². The van der Waals surface area contributed by atoms with Gasteiger partial charge in [-0.1, -0.05) is 5.57 Å². The van der Waals surface area contributed by atoms with Crippen LogP contribution in [0.2, 0.25) is 0 Å². The van der Waals surface area contributed by atoms with Crippen molar-refractivity contribution in [3.05, 3.63) is 11.6 Å². The Bertz CT molecular complexity index is 344. The molecule has 0 saturated carbocycles. The lowest BCUT2D eigenvalue weighted by molar-refractivity contribution is -0.149. The first-order valence-electron chi connectivity index (χ1n) is 5.15. The van der Waals surface area contributed by atoms with Crippen LogP contribution in [0.4, 0.5) is 0 Å². The summed E-state index contributed by atoms with van der Waals surface area (Å²) in [5, 5.41) is 17.4. The minimum absolute atomic E-state index is 0.120. The van der Waals surface area contributed by atoms with Crippen molar-refractivity contribution in [3.63, 3.8) is 0 Å². The van der Waals surface area contributed by atoms with Crippen LogP contribution in [0.3, 0.4) is 0 Å². The van der Waals surface area contributed by atoms with E-state index in [2.05, 4.69) is 0 Å². The van der Waals surface area contributed by atoms with E-state index in [1.807, 2.05) is 0 Å². The summed E-state index contributed by atoms with van der Waals surface area (Å²) in [5.41, 5.74) is 0.730. The van der Waals surface area contributed by atoms with Crippen molar-refractivity contribution in [2.75, 3.05) is 6.54 Å². The summed E-state index contributed by atoms with van der Waals surface area (Å²) in [6, 6.07) is -1.04. The number of carboxylic acids is 2. The summed E-state index contributed by atoms with van der Waals surface area (Å²) >= 11 is 0. The minimum Gasteiger partial charge on any atom is -0.481 e. The van der Waals surface area contributed by atoms with Crippen LogP contribution in [0.1, 0.15) is 27.2 Å². The smallest absolute Gasteiger partial charge is 0.326 e. The van der Waals surface area contributed by atoms with Gasteiger partial charge in [-0.2, -0.15) is 0 Å². The number of hydrogen-bond acceptors (Lipinski definition) is 3. The van der Waals surface area contributed by atoms with Gasteiger partial charge in [-0.05, 0) is 20.8 Å². The van der Waals surface area contributed by atoms with E-state index in [1.165, 1.54) is 13.0 Å². The van der Waals surface area contributed by atoms with Gasteiger partial charge in [-0.25, -0.2) is 4.79 Å². The fourth-order valence-corrected chi connectivity index (χ4v) is 1.17. The zero-order valence-corrected chi connectivity index (χ0v) is 10.1. The Hall–Kier alpha value is -1.85. The Morgan fingerprint density at radius 3 is 2.12 bits per heavy atom. The van der Waals surface area contributed by atoms with Crippen LogP contribution in [0.25, 0.3) is 0 Å². The van der Waals surface area contributed by atoms with Crippen LogP contribution < -0.4 is 0 Å². The average molecular weight is 243 g/mol. The number of amides is 1. The third-order valence-corrected chi connectivity index (χ3v) is 2.09. The van der Waals surface area contributed by atoms with E-state index in [1.54, 1.807) is 13.8 Å². The summed E-state index contributed by atoms with van der Waals surface area (Å²) in [4.78, 5) is 34.0. The molecule has 1 unspecified atom stereocenters. The second-order valence-corrected chi connectivity index (χ2v) is 3.91. The van der Waals surface area contributed by atoms with Crippen LogP contribution in [0.5, 0.6) is 0 Å². The normalized spacial score (nSPS) is 11.5. The highest BCUT2D eigenvalue weighted by Crippen LogP contribution is 2.05. The molecule has 6 heteroatoms. The lowest BCUT2D eigenvalue weighted by Crippen LogP contribution is -2.43. The number of carboxylic acid groups (broad SMARTS) is 2. The number of carbonyl (C=O) groups is 3. The van der Waals surface area contributed by atoms with E-state index in [0.29, 0.717) is 0 Å². The second kappa shape index (κ2) is 6.67. The highest BCUT2D eigenvalue weighted by atomic mass is 16.4. The number of rotatable bonds is 6. The molecule has 0 aliphatic carbocycles. The Kier molecular flexibility index (Phi) is 5.95. The predicted molar refractivity (Wildman–Crippen MR) is 60.5 cm³/mol. The zero-order valence-electron chi connectivity index (χ0n) is 10.1. The van der Waals surface area contributed by atoms with Crippen molar-refractivity contribution >= 4 is 17.8 Å². The molecule has 0 aliphatic rings. The van der Waals surface area contributed by atoms with Gasteiger partial charge in [0.15, 0.2) is 0 Å². The summed E-state index contributed by atoms with van der Waals surface area (Å²) in [6.07, 6.45) is 1.02. The largest absolute Gasteiger partial charge is 0.481 e. The first-order valence-corrected chi connectivity index (χ1v) is 5.15. The Morgan fingerprint density at radius 1 is 1.24 bits per heavy atom. The summed E-state index contributed by atoms with van der Waals surface area (Å²) < 4.78 is 0. The molecule has 2 N–H and O–H groups in total. The van der Waals surface area contributed by atoms with Crippen molar-refractivity contribution in [2.45, 2.75) is 33.2 Å². The number of hydrogen-bond donors (Lipinski definition) is 2. The van der Waals surface area contributed by atoms with Crippen molar-refractivity contribution < 1.29 is 24.6 Å². The molecule has 0 heterocycles. The quantitative estimate of drug-likeness (QED) is 0.670. The lowest BCUT2D eigenvalue weighted by Gasteiger charge is -2.24. The molecule has 0 bridgehead atoms. The van der Waals surface area contributed by atoms with Gasteiger partial charge in [0, 0.05) is 12.6 Å². The Labute approximate surface area is 99.5 Å². The van der Waals surface area contributed by atoms with Crippen LogP contribution in [0, 0.1) is 0 Å². The van der Waals surface area contributed by atoms with Crippen molar-refractivity contribution in [1.29, 1.82) is 0 Å². The van der Waals surface area contributed by atoms with Gasteiger partial charge in [-0.15, -0.1) is 0 Å². The first-order chi connectivity index (χ1) is 7.75. The summed E-state index contributed by atoms with van der Waals surface area (Å²) in [5.74, 6) is -2.72. The van der Waals surface area contributed by atoms with Gasteiger partial charge in [0.2, 0.25) is 5.91 Å². The SMILES string of the molecule is CC(C)=CC(=O)N(CCC(=O)O)C(C)C(=O)O. The van der Waals surface area contributed by atoms with Gasteiger partial charge in [0.25, 0.3) is 0 Å². The van der Waals surface area contributed by atoms with E-state index >= 15 is 0 Å². The molecule has 1 amide bonds. The average Bonchev–Trinajstić information content (AvgIpc) is 2.15. The Morgan fingerprint density at radius 2 is 1.76 bits per heavy atom. The number of allylic oxidation sites excluding steroid dienone is 1. The van der Waals surface area contributed by atoms with Gasteiger partial charge < -0.3 is 15.1 Å². The molecule has 0 aromatic rings. The van der Waals surface area contributed by atoms with E-state index in [4.69, 9.17) is 10.2 Å². The Balaban J connectivity index is 4.84. The second-order valence-electron chi connectivity index (χ2n) is 3.91. The van der Waals surface area contributed by atoms with E-state index in [9.17, 15) is 14.4 Å². The van der Waals surface area contributed by atoms with Crippen molar-refractivity contribution in [2.24, 2.45) is 0 Å². The van der Waals surface area contributed by atoms with Gasteiger partial charge in [0.05, 0.1) is 6.42 Å². The molecular weight excluding hydrogens is 226 g/mol. The number of aliphatic carboxylic acids is 2. The van der Waals surface area contributed by atoms with Gasteiger partial charge in [0.1, 0.15) is 6.04 Å². The van der Waals surface area contributed by atoms with Gasteiger partial charge in [-0.3, -0.25) is 9.59 Å². The third-order valence-electron chi connectivity index (χ3n) is 2.09. The van der Waals surface area contributed by atoms with E-state index in [-0.39, 0.29) is 13.0 Å². The molecule has 0 aromatic heterocycles. The summed E-state index contributed by atoms with van der Waals surface area (Å²) in [6.45, 7) is 4.64. The highest BCUT2D eigenvalue weighted by Gasteiger charge is 2.24. The van der Waals surface area contributed by atoms with E-state index < -0.39 is 23.9 Å². The van der Waals surface area contributed by atoms with E-state index in [0.717, 1.165) is 10.5 Å². The fourth-order valence-electron chi connectivity index (χ4n) is 1.17. The standard InChI is InChI=1S/C11H17NO5/c1-7(2)6-9(13)12(5-4-10(14)15)8(3)11(16)17/h6,8H,4-5H2,1-3H3,(H,14,15)(H,16,17). The predicted octanol–water partition coefficient (Wildman–Crippen LogP) is 0.729. The molecule has 96 valence electrons. The summed E-state index contributed by atoms with van der Waals surface area (Å²) in [7, 11) is 0. The molecule has 0 fully saturated rings. The minimum atomic E-state index is -1.16. The third kappa shape index (κ3) is 5.70. The molecular formula is C11H17NO5. The number of nitrogens with zero attached hydrogens (tertiary/aromatic N) is 1. The maximum absolute atomic E-state index is 11.7. The topological polar surface area (TPSA) is 94.9 Å². The molecule has 17 heavy (non-hydrogen) atoms. The maximum Gasteiger partial charge on any atom is 0.326 e. The molecule has 0 rings (SSSR count). The van der Waals surface area contributed by atoms with Crippen LogP contribution >= 0.6 is 0 Å². The maximum atomic E-state index is 11.7. The fraction of sp³-hybridized carbons (Fsp3) is 0.545. The molecule has 0 radical (unpaired) electrons. The first kappa shape index (κ1) is 15.2. The molecule has 0 spiro atoms. The lowest BCUT2D eigenvalue weighted by atomic mass is 10.2. The molecule has 0 aromatic carbocycles. The van der Waals surface area contributed by atoms with Crippen molar-refractivity contribution in [3.8, 4) is 0 Å². The van der Waals surface area contributed by atoms with Gasteiger partial charge >= 0.3 is 11.9 Å². The molecule has 0 aliphatic heterocycles. The number of carbonyl (C=O) groups excluding carboxylic acids is 1. The molecule has 6 nitrogen and oxygen atoms in total. The van der Waals surface area contributed by atoms with Crippen LogP contribution in [-0.4, -0.2) is 45.5 Å². The molecule has 1 atom stereocenters. The van der Waals surface area contributed by atoms with Crippen molar-refractivity contribution in [1.82, 2.24) is 4.90 Å². The monoisotopic (exact) mass is 243 g/mol. The zero-order chi connectivity index (χ0) is 13.6. The molecule has 0 saturated heterocycles.